The summed E-state index contributed by atoms with van der Waals surface area (Å²) in [6, 6.07) is 0.778. The van der Waals surface area contributed by atoms with Crippen LogP contribution >= 0.6 is 11.8 Å². The zero-order chi connectivity index (χ0) is 11.1. The van der Waals surface area contributed by atoms with Gasteiger partial charge in [0.2, 0.25) is 0 Å². The van der Waals surface area contributed by atoms with Gasteiger partial charge in [-0.3, -0.25) is 0 Å². The molecule has 1 aliphatic rings. The number of thioether (sulfide) groups is 1. The Morgan fingerprint density at radius 3 is 2.80 bits per heavy atom. The minimum atomic E-state index is 0.778. The highest BCUT2D eigenvalue weighted by molar-refractivity contribution is 7.99. The van der Waals surface area contributed by atoms with E-state index in [9.17, 15) is 0 Å². The molecular formula is C13H25NS. The summed E-state index contributed by atoms with van der Waals surface area (Å²) in [4.78, 5) is 0. The fourth-order valence-corrected chi connectivity index (χ4v) is 2.83. The molecule has 0 saturated heterocycles. The van der Waals surface area contributed by atoms with Crippen LogP contribution in [-0.4, -0.2) is 24.1 Å². The standard InChI is InChI=1S/C13H25NS/c1-4-8-15-9-7-14-13-6-5-11(2)12(3)10-13/h4,11-14H,1,5-10H2,2-3H3. The van der Waals surface area contributed by atoms with E-state index in [0.717, 1.165) is 30.2 Å². The Kier molecular flexibility index (Phi) is 6.42. The van der Waals surface area contributed by atoms with Crippen LogP contribution in [0.2, 0.25) is 0 Å². The topological polar surface area (TPSA) is 12.0 Å². The Bertz CT molecular complexity index is 181. The number of hydrogen-bond donors (Lipinski definition) is 1. The summed E-state index contributed by atoms with van der Waals surface area (Å²) in [5.41, 5.74) is 0. The first-order chi connectivity index (χ1) is 7.24. The summed E-state index contributed by atoms with van der Waals surface area (Å²) in [6.45, 7) is 9.67. The van der Waals surface area contributed by atoms with E-state index in [-0.39, 0.29) is 0 Å². The van der Waals surface area contributed by atoms with Gasteiger partial charge in [-0.15, -0.1) is 6.58 Å². The van der Waals surface area contributed by atoms with E-state index in [2.05, 4.69) is 25.7 Å². The van der Waals surface area contributed by atoms with Gasteiger partial charge in [-0.2, -0.15) is 11.8 Å². The monoisotopic (exact) mass is 227 g/mol. The zero-order valence-electron chi connectivity index (χ0n) is 10.2. The van der Waals surface area contributed by atoms with E-state index in [1.807, 2.05) is 17.8 Å². The molecular weight excluding hydrogens is 202 g/mol. The molecule has 1 aliphatic carbocycles. The molecule has 0 aromatic rings. The van der Waals surface area contributed by atoms with E-state index in [0.29, 0.717) is 0 Å². The molecule has 0 aromatic heterocycles. The maximum Gasteiger partial charge on any atom is 0.0111 e. The van der Waals surface area contributed by atoms with Gasteiger partial charge in [0.1, 0.15) is 0 Å². The molecule has 2 heteroatoms. The lowest BCUT2D eigenvalue weighted by atomic mass is 9.79. The summed E-state index contributed by atoms with van der Waals surface area (Å²) in [7, 11) is 0. The maximum atomic E-state index is 3.73. The summed E-state index contributed by atoms with van der Waals surface area (Å²) in [5, 5.41) is 3.68. The molecule has 0 aromatic carbocycles. The van der Waals surface area contributed by atoms with Crippen molar-refractivity contribution in [3.8, 4) is 0 Å². The van der Waals surface area contributed by atoms with Crippen molar-refractivity contribution in [3.05, 3.63) is 12.7 Å². The third kappa shape index (κ3) is 5.07. The minimum absolute atomic E-state index is 0.778. The van der Waals surface area contributed by atoms with Crippen molar-refractivity contribution < 1.29 is 0 Å². The van der Waals surface area contributed by atoms with Crippen molar-refractivity contribution in [1.82, 2.24) is 5.32 Å². The Morgan fingerprint density at radius 2 is 2.13 bits per heavy atom. The van der Waals surface area contributed by atoms with Gasteiger partial charge in [-0.25, -0.2) is 0 Å². The minimum Gasteiger partial charge on any atom is -0.313 e. The largest absolute Gasteiger partial charge is 0.313 e. The van der Waals surface area contributed by atoms with Gasteiger partial charge >= 0.3 is 0 Å². The van der Waals surface area contributed by atoms with Crippen molar-refractivity contribution in [2.24, 2.45) is 11.8 Å². The molecule has 1 nitrogen and oxygen atoms in total. The molecule has 0 bridgehead atoms. The van der Waals surface area contributed by atoms with E-state index in [1.54, 1.807) is 0 Å². The number of rotatable bonds is 6. The van der Waals surface area contributed by atoms with E-state index >= 15 is 0 Å². The average Bonchev–Trinajstić information content (AvgIpc) is 2.23. The Labute approximate surface area is 99.1 Å². The van der Waals surface area contributed by atoms with Crippen LogP contribution in [-0.2, 0) is 0 Å². The van der Waals surface area contributed by atoms with Crippen LogP contribution < -0.4 is 5.32 Å². The lowest BCUT2D eigenvalue weighted by Crippen LogP contribution is -2.37. The molecule has 15 heavy (non-hydrogen) atoms. The van der Waals surface area contributed by atoms with Crippen LogP contribution in [0.3, 0.4) is 0 Å². The summed E-state index contributed by atoms with van der Waals surface area (Å²) >= 11 is 1.96. The summed E-state index contributed by atoms with van der Waals surface area (Å²) < 4.78 is 0. The van der Waals surface area contributed by atoms with E-state index in [4.69, 9.17) is 0 Å². The highest BCUT2D eigenvalue weighted by Crippen LogP contribution is 2.29. The van der Waals surface area contributed by atoms with Crippen LogP contribution in [0.25, 0.3) is 0 Å². The second-order valence-electron chi connectivity index (χ2n) is 4.78. The van der Waals surface area contributed by atoms with Crippen molar-refractivity contribution in [1.29, 1.82) is 0 Å². The van der Waals surface area contributed by atoms with Gasteiger partial charge in [0.25, 0.3) is 0 Å². The predicted molar refractivity (Wildman–Crippen MR) is 71.5 cm³/mol. The van der Waals surface area contributed by atoms with Crippen LogP contribution in [0, 0.1) is 11.8 Å². The van der Waals surface area contributed by atoms with Crippen LogP contribution in [0.5, 0.6) is 0 Å². The molecule has 0 aliphatic heterocycles. The smallest absolute Gasteiger partial charge is 0.0111 e. The fraction of sp³-hybridized carbons (Fsp3) is 0.846. The molecule has 1 fully saturated rings. The second-order valence-corrected chi connectivity index (χ2v) is 5.93. The summed E-state index contributed by atoms with van der Waals surface area (Å²) in [6.07, 6.45) is 6.12. The van der Waals surface area contributed by atoms with Gasteiger partial charge in [-0.05, 0) is 31.1 Å². The molecule has 0 spiro atoms. The normalized spacial score (nSPS) is 31.5. The molecule has 0 amide bonds. The SMILES string of the molecule is C=CCSCCNC1CCC(C)C(C)C1. The zero-order valence-corrected chi connectivity index (χ0v) is 11.0. The first kappa shape index (κ1) is 13.1. The molecule has 3 unspecified atom stereocenters. The van der Waals surface area contributed by atoms with Crippen LogP contribution in [0.1, 0.15) is 33.1 Å². The van der Waals surface area contributed by atoms with E-state index < -0.39 is 0 Å². The number of nitrogens with one attached hydrogen (secondary N) is 1. The van der Waals surface area contributed by atoms with Gasteiger partial charge in [0, 0.05) is 24.1 Å². The highest BCUT2D eigenvalue weighted by atomic mass is 32.2. The van der Waals surface area contributed by atoms with E-state index in [1.165, 1.54) is 25.0 Å². The van der Waals surface area contributed by atoms with Crippen LogP contribution in [0.4, 0.5) is 0 Å². The molecule has 1 saturated carbocycles. The predicted octanol–water partition coefficient (Wildman–Crippen LogP) is 3.32. The van der Waals surface area contributed by atoms with Crippen molar-refractivity contribution in [2.75, 3.05) is 18.1 Å². The second kappa shape index (κ2) is 7.34. The molecule has 1 N–H and O–H groups in total. The lowest BCUT2D eigenvalue weighted by molar-refractivity contribution is 0.228. The maximum absolute atomic E-state index is 3.73. The Balaban J connectivity index is 2.04. The average molecular weight is 227 g/mol. The number of hydrogen-bond acceptors (Lipinski definition) is 2. The van der Waals surface area contributed by atoms with Crippen molar-refractivity contribution in [2.45, 2.75) is 39.2 Å². The molecule has 3 atom stereocenters. The van der Waals surface area contributed by atoms with Gasteiger partial charge < -0.3 is 5.32 Å². The quantitative estimate of drug-likeness (QED) is 0.552. The van der Waals surface area contributed by atoms with Gasteiger partial charge in [0.05, 0.1) is 0 Å². The third-order valence-electron chi connectivity index (χ3n) is 3.51. The first-order valence-corrected chi connectivity index (χ1v) is 7.31. The Morgan fingerprint density at radius 1 is 1.33 bits per heavy atom. The van der Waals surface area contributed by atoms with Crippen LogP contribution in [0.15, 0.2) is 12.7 Å². The molecule has 0 radical (unpaired) electrons. The molecule has 88 valence electrons. The fourth-order valence-electron chi connectivity index (χ4n) is 2.23. The molecule has 0 heterocycles. The molecule has 1 rings (SSSR count). The highest BCUT2D eigenvalue weighted by Gasteiger charge is 2.23. The Hall–Kier alpha value is 0.0500. The van der Waals surface area contributed by atoms with Gasteiger partial charge in [0.15, 0.2) is 0 Å². The van der Waals surface area contributed by atoms with Gasteiger partial charge in [-0.1, -0.05) is 19.9 Å². The third-order valence-corrected chi connectivity index (χ3v) is 4.48. The van der Waals surface area contributed by atoms with Crippen molar-refractivity contribution >= 4 is 11.8 Å². The lowest BCUT2D eigenvalue weighted by Gasteiger charge is -2.32. The summed E-state index contributed by atoms with van der Waals surface area (Å²) in [5.74, 6) is 4.13. The van der Waals surface area contributed by atoms with Crippen molar-refractivity contribution in [3.63, 3.8) is 0 Å². The first-order valence-electron chi connectivity index (χ1n) is 6.16.